The molecular formula is C50H35N. The van der Waals surface area contributed by atoms with E-state index in [1.807, 2.05) is 121 Å². The first-order chi connectivity index (χ1) is 30.7. The third-order valence-electron chi connectivity index (χ3n) is 8.83. The number of nitrogens with zero attached hydrogens (tertiary/aromatic N) is 1. The summed E-state index contributed by atoms with van der Waals surface area (Å²) < 4.78 is 115. The SMILES string of the molecule is [2H]c1c([2H])c([2H])c(-c2c([2H])c([2H])c(-c3c([2H])c([2H])c(N(c4cccc(-c5ccc6ccccc6c5)c4)c4cccc(-c5ccc6ccccc6c5)c4)c([2H])c3[2H])c([2H])c2[2H])c([2H])c1[2H]. The molecule has 1 heteroatoms. The van der Waals surface area contributed by atoms with Crippen molar-refractivity contribution in [2.45, 2.75) is 0 Å². The Morgan fingerprint density at radius 2 is 0.686 bits per heavy atom. The molecule has 0 N–H and O–H groups in total. The van der Waals surface area contributed by atoms with Gasteiger partial charge in [0.15, 0.2) is 0 Å². The summed E-state index contributed by atoms with van der Waals surface area (Å²) in [5.74, 6) is 0. The van der Waals surface area contributed by atoms with E-state index in [0.717, 1.165) is 43.8 Å². The highest BCUT2D eigenvalue weighted by molar-refractivity contribution is 5.90. The smallest absolute Gasteiger partial charge is 0.0645 e. The first-order valence-corrected chi connectivity index (χ1v) is 16.4. The van der Waals surface area contributed by atoms with E-state index in [0.29, 0.717) is 11.4 Å². The summed E-state index contributed by atoms with van der Waals surface area (Å²) in [5, 5.41) is 4.22. The maximum absolute atomic E-state index is 9.56. The lowest BCUT2D eigenvalue weighted by molar-refractivity contribution is 1.28. The molecule has 1 nitrogen and oxygen atoms in total. The van der Waals surface area contributed by atoms with Crippen molar-refractivity contribution < 1.29 is 17.8 Å². The molecule has 0 radical (unpaired) electrons. The largest absolute Gasteiger partial charge is 0.310 e. The number of benzene rings is 9. The highest BCUT2D eigenvalue weighted by Crippen LogP contribution is 2.39. The van der Waals surface area contributed by atoms with Crippen molar-refractivity contribution in [3.8, 4) is 44.5 Å². The van der Waals surface area contributed by atoms with Crippen LogP contribution in [0.4, 0.5) is 17.1 Å². The number of hydrogen-bond acceptors (Lipinski definition) is 1. The van der Waals surface area contributed by atoms with Gasteiger partial charge >= 0.3 is 0 Å². The topological polar surface area (TPSA) is 3.24 Å². The Labute approximate surface area is 317 Å². The molecule has 0 amide bonds. The lowest BCUT2D eigenvalue weighted by Crippen LogP contribution is -2.10. The molecule has 0 saturated carbocycles. The van der Waals surface area contributed by atoms with Crippen LogP contribution in [-0.4, -0.2) is 0 Å². The minimum atomic E-state index is -0.770. The van der Waals surface area contributed by atoms with Gasteiger partial charge in [0.2, 0.25) is 0 Å². The van der Waals surface area contributed by atoms with E-state index in [1.54, 1.807) is 4.90 Å². The van der Waals surface area contributed by atoms with Crippen molar-refractivity contribution in [1.82, 2.24) is 0 Å². The summed E-state index contributed by atoms with van der Waals surface area (Å²) in [6.45, 7) is 0. The Hall–Kier alpha value is -6.70. The second-order valence-corrected chi connectivity index (χ2v) is 12.0. The van der Waals surface area contributed by atoms with Gasteiger partial charge in [-0.05, 0) is 115 Å². The third-order valence-corrected chi connectivity index (χ3v) is 8.83. The van der Waals surface area contributed by atoms with Crippen molar-refractivity contribution >= 4 is 38.6 Å². The van der Waals surface area contributed by atoms with E-state index < -0.39 is 101 Å². The van der Waals surface area contributed by atoms with Gasteiger partial charge in [-0.25, -0.2) is 0 Å². The molecule has 9 aromatic rings. The van der Waals surface area contributed by atoms with Crippen LogP contribution >= 0.6 is 0 Å². The summed E-state index contributed by atoms with van der Waals surface area (Å²) in [5.41, 5.74) is 2.29. The Morgan fingerprint density at radius 3 is 1.18 bits per heavy atom. The second kappa shape index (κ2) is 13.3. The highest BCUT2D eigenvalue weighted by Gasteiger charge is 2.15. The van der Waals surface area contributed by atoms with Crippen LogP contribution < -0.4 is 4.90 Å². The first kappa shape index (κ1) is 19.5. The number of fused-ring (bicyclic) bond motifs is 2. The Bertz CT molecular complexity index is 3190. The maximum atomic E-state index is 9.56. The standard InChI is InChI=1S/C50H35N/c1-2-10-36(11-3-1)39-20-22-40(23-21-39)41-28-30-48(31-29-41)51(49-18-8-16-44(34-49)46-26-24-37-12-4-6-14-42(37)32-46)50-19-9-17-45(35-50)47-27-25-38-13-5-7-15-43(38)33-47/h1-35H/i1D,2D,3D,10D,11D,20D,21D,22D,23D,28D,29D,30D,31D. The molecule has 0 saturated heterocycles. The third kappa shape index (κ3) is 6.18. The van der Waals surface area contributed by atoms with Crippen LogP contribution in [0.25, 0.3) is 66.1 Å². The minimum Gasteiger partial charge on any atom is -0.310 e. The quantitative estimate of drug-likeness (QED) is 0.164. The zero-order chi connectivity index (χ0) is 45.3. The summed E-state index contributed by atoms with van der Waals surface area (Å²) in [6.07, 6.45) is 0. The number of hydrogen-bond donors (Lipinski definition) is 0. The molecule has 0 aliphatic heterocycles. The molecule has 9 rings (SSSR count). The molecule has 51 heavy (non-hydrogen) atoms. The zero-order valence-electron chi connectivity index (χ0n) is 40.1. The Morgan fingerprint density at radius 1 is 0.275 bits per heavy atom. The molecule has 0 unspecified atom stereocenters. The molecule has 0 atom stereocenters. The molecule has 9 aromatic carbocycles. The average Bonchev–Trinajstić information content (AvgIpc) is 3.32. The second-order valence-electron chi connectivity index (χ2n) is 12.0. The van der Waals surface area contributed by atoms with Gasteiger partial charge in [0.1, 0.15) is 0 Å². The van der Waals surface area contributed by atoms with Crippen LogP contribution in [0.5, 0.6) is 0 Å². The van der Waals surface area contributed by atoms with Crippen LogP contribution in [0, 0.1) is 0 Å². The van der Waals surface area contributed by atoms with Gasteiger partial charge in [0, 0.05) is 17.1 Å². The number of anilines is 3. The monoisotopic (exact) mass is 662 g/mol. The van der Waals surface area contributed by atoms with E-state index in [-0.39, 0.29) is 5.69 Å². The van der Waals surface area contributed by atoms with Crippen molar-refractivity contribution in [3.05, 3.63) is 212 Å². The van der Waals surface area contributed by atoms with Gasteiger partial charge in [0.25, 0.3) is 0 Å². The molecular weight excluding hydrogens is 615 g/mol. The molecule has 0 aliphatic carbocycles. The maximum Gasteiger partial charge on any atom is 0.0645 e. The summed E-state index contributed by atoms with van der Waals surface area (Å²) in [6, 6.07) is 34.4. The van der Waals surface area contributed by atoms with Gasteiger partial charge in [-0.15, -0.1) is 0 Å². The Kier molecular flexibility index (Phi) is 5.08. The van der Waals surface area contributed by atoms with Crippen molar-refractivity contribution in [2.75, 3.05) is 4.90 Å². The van der Waals surface area contributed by atoms with Crippen molar-refractivity contribution in [1.29, 1.82) is 0 Å². The lowest BCUT2D eigenvalue weighted by atomic mass is 9.99. The van der Waals surface area contributed by atoms with Crippen LogP contribution in [0.2, 0.25) is 0 Å². The predicted octanol–water partition coefficient (Wildman–Crippen LogP) is 14.1. The summed E-state index contributed by atoms with van der Waals surface area (Å²) >= 11 is 0. The average molecular weight is 663 g/mol. The van der Waals surface area contributed by atoms with Gasteiger partial charge in [-0.3, -0.25) is 0 Å². The molecule has 0 aromatic heterocycles. The molecule has 0 bridgehead atoms. The summed E-state index contributed by atoms with van der Waals surface area (Å²) in [7, 11) is 0. The summed E-state index contributed by atoms with van der Waals surface area (Å²) in [4.78, 5) is 1.65. The van der Waals surface area contributed by atoms with E-state index in [1.165, 1.54) is 0 Å². The van der Waals surface area contributed by atoms with Gasteiger partial charge in [-0.1, -0.05) is 164 Å². The van der Waals surface area contributed by atoms with Crippen LogP contribution in [0.3, 0.4) is 0 Å². The molecule has 240 valence electrons. The molecule has 0 aliphatic rings. The van der Waals surface area contributed by atoms with E-state index in [4.69, 9.17) is 12.3 Å². The van der Waals surface area contributed by atoms with Gasteiger partial charge in [0.05, 0.1) is 17.8 Å². The fourth-order valence-corrected chi connectivity index (χ4v) is 6.27. The molecule has 0 spiro atoms. The van der Waals surface area contributed by atoms with E-state index >= 15 is 0 Å². The Balaban J connectivity index is 1.25. The van der Waals surface area contributed by atoms with Crippen LogP contribution in [-0.2, 0) is 0 Å². The fraction of sp³-hybridized carbons (Fsp3) is 0. The lowest BCUT2D eigenvalue weighted by Gasteiger charge is -2.27. The fourth-order valence-electron chi connectivity index (χ4n) is 6.27. The zero-order valence-corrected chi connectivity index (χ0v) is 27.1. The van der Waals surface area contributed by atoms with Crippen LogP contribution in [0.1, 0.15) is 17.8 Å². The van der Waals surface area contributed by atoms with Crippen LogP contribution in [0.15, 0.2) is 212 Å². The van der Waals surface area contributed by atoms with E-state index in [2.05, 4.69) is 12.1 Å². The van der Waals surface area contributed by atoms with E-state index in [9.17, 15) is 5.48 Å². The highest BCUT2D eigenvalue weighted by atomic mass is 15.1. The first-order valence-electron chi connectivity index (χ1n) is 22.9. The molecule has 0 heterocycles. The van der Waals surface area contributed by atoms with Crippen molar-refractivity contribution in [3.63, 3.8) is 0 Å². The predicted molar refractivity (Wildman–Crippen MR) is 218 cm³/mol. The number of rotatable bonds is 7. The van der Waals surface area contributed by atoms with Gasteiger partial charge < -0.3 is 4.90 Å². The normalized spacial score (nSPS) is 14.7. The van der Waals surface area contributed by atoms with Gasteiger partial charge in [-0.2, -0.15) is 0 Å². The minimum absolute atomic E-state index is 0.129. The van der Waals surface area contributed by atoms with Crippen molar-refractivity contribution in [2.24, 2.45) is 0 Å². The molecule has 0 fully saturated rings.